The Bertz CT molecular complexity index is 373. The molecule has 2 heterocycles. The van der Waals surface area contributed by atoms with E-state index in [2.05, 4.69) is 34.0 Å². The topological polar surface area (TPSA) is 19.4 Å². The standard InChI is InChI=1S/C14H24ClN3S/c1-12(2)10-18-7-5-17(6-8-18)4-3-14-16-13(9-15)11-19-14/h11-12H,3-10H2,1-2H3. The molecule has 1 saturated heterocycles. The van der Waals surface area contributed by atoms with Gasteiger partial charge in [-0.15, -0.1) is 22.9 Å². The first-order valence-electron chi connectivity index (χ1n) is 7.11. The fraction of sp³-hybridized carbons (Fsp3) is 0.786. The van der Waals surface area contributed by atoms with Crippen LogP contribution in [0.25, 0.3) is 0 Å². The van der Waals surface area contributed by atoms with Crippen molar-refractivity contribution in [3.8, 4) is 0 Å². The number of nitrogens with zero attached hydrogens (tertiary/aromatic N) is 3. The van der Waals surface area contributed by atoms with Gasteiger partial charge in [-0.05, 0) is 5.92 Å². The van der Waals surface area contributed by atoms with Crippen LogP contribution >= 0.6 is 22.9 Å². The Balaban J connectivity index is 1.68. The first kappa shape index (κ1) is 15.2. The minimum Gasteiger partial charge on any atom is -0.301 e. The minimum atomic E-state index is 0.532. The van der Waals surface area contributed by atoms with E-state index in [1.54, 1.807) is 11.3 Å². The van der Waals surface area contributed by atoms with Gasteiger partial charge < -0.3 is 9.80 Å². The lowest BCUT2D eigenvalue weighted by atomic mass is 10.2. The van der Waals surface area contributed by atoms with E-state index < -0.39 is 0 Å². The van der Waals surface area contributed by atoms with E-state index in [4.69, 9.17) is 11.6 Å². The smallest absolute Gasteiger partial charge is 0.0941 e. The number of hydrogen-bond donors (Lipinski definition) is 0. The third-order valence-corrected chi connectivity index (χ3v) is 4.70. The average Bonchev–Trinajstić information content (AvgIpc) is 2.85. The predicted octanol–water partition coefficient (Wildman–Crippen LogP) is 2.70. The number of rotatable bonds is 6. The molecule has 0 saturated carbocycles. The second-order valence-corrected chi connectivity index (χ2v) is 6.86. The van der Waals surface area contributed by atoms with Crippen LogP contribution in [-0.4, -0.2) is 54.1 Å². The van der Waals surface area contributed by atoms with E-state index in [9.17, 15) is 0 Å². The molecule has 19 heavy (non-hydrogen) atoms. The molecule has 2 rings (SSSR count). The molecule has 3 nitrogen and oxygen atoms in total. The SMILES string of the molecule is CC(C)CN1CCN(CCc2nc(CCl)cs2)CC1. The minimum absolute atomic E-state index is 0.532. The molecule has 0 N–H and O–H groups in total. The first-order valence-corrected chi connectivity index (χ1v) is 8.52. The molecule has 0 unspecified atom stereocenters. The zero-order valence-corrected chi connectivity index (χ0v) is 13.5. The molecule has 1 aliphatic rings. The summed E-state index contributed by atoms with van der Waals surface area (Å²) in [7, 11) is 0. The van der Waals surface area contributed by atoms with E-state index >= 15 is 0 Å². The summed E-state index contributed by atoms with van der Waals surface area (Å²) in [4.78, 5) is 9.65. The lowest BCUT2D eigenvalue weighted by Gasteiger charge is -2.35. The highest BCUT2D eigenvalue weighted by molar-refractivity contribution is 7.09. The van der Waals surface area contributed by atoms with Gasteiger partial charge in [0.15, 0.2) is 0 Å². The number of hydrogen-bond acceptors (Lipinski definition) is 4. The number of aromatic nitrogens is 1. The van der Waals surface area contributed by atoms with Gasteiger partial charge in [0, 0.05) is 51.1 Å². The van der Waals surface area contributed by atoms with Crippen molar-refractivity contribution in [3.63, 3.8) is 0 Å². The summed E-state index contributed by atoms with van der Waals surface area (Å²) in [6.07, 6.45) is 1.06. The quantitative estimate of drug-likeness (QED) is 0.753. The van der Waals surface area contributed by atoms with E-state index in [1.165, 1.54) is 37.7 Å². The lowest BCUT2D eigenvalue weighted by molar-refractivity contribution is 0.123. The van der Waals surface area contributed by atoms with Crippen LogP contribution in [0.2, 0.25) is 0 Å². The van der Waals surface area contributed by atoms with Crippen molar-refractivity contribution >= 4 is 22.9 Å². The number of alkyl halides is 1. The molecule has 0 aliphatic carbocycles. The molecule has 1 aromatic heterocycles. The highest BCUT2D eigenvalue weighted by Crippen LogP contribution is 2.13. The van der Waals surface area contributed by atoms with E-state index in [0.29, 0.717) is 5.88 Å². The van der Waals surface area contributed by atoms with Gasteiger partial charge in [-0.3, -0.25) is 0 Å². The van der Waals surface area contributed by atoms with Gasteiger partial charge in [0.25, 0.3) is 0 Å². The van der Waals surface area contributed by atoms with Crippen molar-refractivity contribution in [3.05, 3.63) is 16.1 Å². The highest BCUT2D eigenvalue weighted by atomic mass is 35.5. The monoisotopic (exact) mass is 301 g/mol. The maximum absolute atomic E-state index is 5.77. The van der Waals surface area contributed by atoms with E-state index in [-0.39, 0.29) is 0 Å². The third kappa shape index (κ3) is 5.03. The summed E-state index contributed by atoms with van der Waals surface area (Å²) in [6.45, 7) is 11.8. The molecule has 108 valence electrons. The van der Waals surface area contributed by atoms with Crippen LogP contribution in [0.15, 0.2) is 5.38 Å². The Morgan fingerprint density at radius 3 is 2.53 bits per heavy atom. The van der Waals surface area contributed by atoms with Gasteiger partial charge in [0.2, 0.25) is 0 Å². The molecular formula is C14H24ClN3S. The van der Waals surface area contributed by atoms with Gasteiger partial charge in [0.05, 0.1) is 16.6 Å². The molecule has 0 radical (unpaired) electrons. The summed E-state index contributed by atoms with van der Waals surface area (Å²) < 4.78 is 0. The molecule has 0 amide bonds. The Morgan fingerprint density at radius 2 is 1.95 bits per heavy atom. The van der Waals surface area contributed by atoms with Crippen molar-refractivity contribution in [1.82, 2.24) is 14.8 Å². The largest absolute Gasteiger partial charge is 0.301 e. The van der Waals surface area contributed by atoms with Crippen molar-refractivity contribution < 1.29 is 0 Å². The molecule has 1 aliphatic heterocycles. The van der Waals surface area contributed by atoms with Crippen molar-refractivity contribution in [1.29, 1.82) is 0 Å². The van der Waals surface area contributed by atoms with Gasteiger partial charge >= 0.3 is 0 Å². The van der Waals surface area contributed by atoms with Crippen LogP contribution < -0.4 is 0 Å². The van der Waals surface area contributed by atoms with Crippen molar-refractivity contribution in [2.45, 2.75) is 26.1 Å². The number of piperazine rings is 1. The first-order chi connectivity index (χ1) is 9.17. The van der Waals surface area contributed by atoms with E-state index in [1.807, 2.05) is 0 Å². The third-order valence-electron chi connectivity index (χ3n) is 3.47. The van der Waals surface area contributed by atoms with Crippen molar-refractivity contribution in [2.75, 3.05) is 39.3 Å². The zero-order valence-electron chi connectivity index (χ0n) is 11.9. The zero-order chi connectivity index (χ0) is 13.7. The van der Waals surface area contributed by atoms with Gasteiger partial charge in [-0.1, -0.05) is 13.8 Å². The summed E-state index contributed by atoms with van der Waals surface area (Å²) in [5.41, 5.74) is 1.02. The fourth-order valence-corrected chi connectivity index (χ4v) is 3.51. The second-order valence-electron chi connectivity index (χ2n) is 5.65. The number of halogens is 1. The second kappa shape index (κ2) is 7.58. The van der Waals surface area contributed by atoms with Crippen LogP contribution in [0.1, 0.15) is 24.5 Å². The molecule has 1 fully saturated rings. The molecule has 0 bridgehead atoms. The van der Waals surface area contributed by atoms with Crippen LogP contribution in [0.3, 0.4) is 0 Å². The average molecular weight is 302 g/mol. The normalized spacial score (nSPS) is 18.3. The molecule has 0 aromatic carbocycles. The Morgan fingerprint density at radius 1 is 1.26 bits per heavy atom. The van der Waals surface area contributed by atoms with Gasteiger partial charge in [0.1, 0.15) is 0 Å². The maximum Gasteiger partial charge on any atom is 0.0941 e. The summed E-state index contributed by atoms with van der Waals surface area (Å²) in [5, 5.41) is 3.29. The Labute approximate surface area is 125 Å². The Hall–Kier alpha value is -0.160. The van der Waals surface area contributed by atoms with Crippen LogP contribution in [0, 0.1) is 5.92 Å². The van der Waals surface area contributed by atoms with Crippen LogP contribution in [0.4, 0.5) is 0 Å². The Kier molecular flexibility index (Phi) is 6.07. The molecule has 0 atom stereocenters. The fourth-order valence-electron chi connectivity index (χ4n) is 2.49. The summed E-state index contributed by atoms with van der Waals surface area (Å²) in [6, 6.07) is 0. The highest BCUT2D eigenvalue weighted by Gasteiger charge is 2.17. The van der Waals surface area contributed by atoms with Crippen LogP contribution in [0.5, 0.6) is 0 Å². The molecule has 1 aromatic rings. The summed E-state index contributed by atoms with van der Waals surface area (Å²) >= 11 is 7.51. The van der Waals surface area contributed by atoms with Gasteiger partial charge in [-0.25, -0.2) is 4.98 Å². The molecule has 0 spiro atoms. The molecular weight excluding hydrogens is 278 g/mol. The predicted molar refractivity (Wildman–Crippen MR) is 83.1 cm³/mol. The van der Waals surface area contributed by atoms with E-state index in [0.717, 1.165) is 24.6 Å². The maximum atomic E-state index is 5.77. The van der Waals surface area contributed by atoms with Crippen molar-refractivity contribution in [2.24, 2.45) is 5.92 Å². The van der Waals surface area contributed by atoms with Crippen LogP contribution in [-0.2, 0) is 12.3 Å². The lowest BCUT2D eigenvalue weighted by Crippen LogP contribution is -2.47. The summed E-state index contributed by atoms with van der Waals surface area (Å²) in [5.74, 6) is 1.31. The van der Waals surface area contributed by atoms with Gasteiger partial charge in [-0.2, -0.15) is 0 Å². The number of thiazole rings is 1. The molecule has 5 heteroatoms.